The van der Waals surface area contributed by atoms with Gasteiger partial charge >= 0.3 is 0 Å². The third kappa shape index (κ3) is 3.28. The molecule has 0 radical (unpaired) electrons. The highest BCUT2D eigenvalue weighted by Crippen LogP contribution is 2.35. The van der Waals surface area contributed by atoms with Crippen LogP contribution in [-0.4, -0.2) is 24.4 Å². The van der Waals surface area contributed by atoms with Gasteiger partial charge in [-0.05, 0) is 56.8 Å². The van der Waals surface area contributed by atoms with Crippen LogP contribution in [0.3, 0.4) is 0 Å². The number of hydrogen-bond acceptors (Lipinski definition) is 3. The first-order chi connectivity index (χ1) is 9.07. The summed E-state index contributed by atoms with van der Waals surface area (Å²) in [4.78, 5) is 0. The van der Waals surface area contributed by atoms with E-state index in [1.807, 2.05) is 33.0 Å². The summed E-state index contributed by atoms with van der Waals surface area (Å²) >= 11 is 0. The third-order valence-corrected chi connectivity index (χ3v) is 4.11. The van der Waals surface area contributed by atoms with Gasteiger partial charge in [0.2, 0.25) is 0 Å². The van der Waals surface area contributed by atoms with Gasteiger partial charge in [0.25, 0.3) is 0 Å². The zero-order chi connectivity index (χ0) is 13.9. The smallest absolute Gasteiger partial charge is 0.122 e. The molecule has 2 atom stereocenters. The molecular formula is C16H25NO2. The van der Waals surface area contributed by atoms with E-state index >= 15 is 0 Å². The van der Waals surface area contributed by atoms with E-state index in [1.54, 1.807) is 0 Å². The lowest BCUT2D eigenvalue weighted by molar-refractivity contribution is 0.00809. The lowest BCUT2D eigenvalue weighted by Gasteiger charge is -2.28. The predicted octanol–water partition coefficient (Wildman–Crippen LogP) is 2.82. The highest BCUT2D eigenvalue weighted by molar-refractivity contribution is 5.43. The summed E-state index contributed by atoms with van der Waals surface area (Å²) in [7, 11) is 2.01. The van der Waals surface area contributed by atoms with Gasteiger partial charge in [0.05, 0.1) is 5.60 Å². The Morgan fingerprint density at radius 1 is 1.47 bits per heavy atom. The van der Waals surface area contributed by atoms with Crippen LogP contribution in [0.4, 0.5) is 0 Å². The molecule has 2 rings (SSSR count). The fourth-order valence-electron chi connectivity index (χ4n) is 2.59. The summed E-state index contributed by atoms with van der Waals surface area (Å²) in [5.41, 5.74) is 1.90. The van der Waals surface area contributed by atoms with Gasteiger partial charge in [-0.3, -0.25) is 0 Å². The van der Waals surface area contributed by atoms with E-state index in [-0.39, 0.29) is 0 Å². The van der Waals surface area contributed by atoms with Crippen molar-refractivity contribution in [2.24, 2.45) is 0 Å². The van der Waals surface area contributed by atoms with Crippen molar-refractivity contribution in [2.45, 2.75) is 51.2 Å². The van der Waals surface area contributed by atoms with Crippen LogP contribution in [-0.2, 0) is 6.42 Å². The molecule has 1 aliphatic carbocycles. The zero-order valence-electron chi connectivity index (χ0n) is 12.2. The first kappa shape index (κ1) is 14.4. The monoisotopic (exact) mass is 263 g/mol. The highest BCUT2D eigenvalue weighted by atomic mass is 16.5. The Labute approximate surface area is 116 Å². The van der Waals surface area contributed by atoms with Gasteiger partial charge in [0.15, 0.2) is 0 Å². The average molecular weight is 263 g/mol. The molecule has 0 saturated carbocycles. The van der Waals surface area contributed by atoms with Crippen LogP contribution in [0.15, 0.2) is 18.2 Å². The normalized spacial score (nSPS) is 21.6. The first-order valence-corrected chi connectivity index (χ1v) is 7.21. The van der Waals surface area contributed by atoms with Crippen LogP contribution in [0, 0.1) is 0 Å². The number of ether oxygens (including phenoxy) is 1. The molecule has 3 nitrogen and oxygen atoms in total. The van der Waals surface area contributed by atoms with Crippen LogP contribution >= 0.6 is 0 Å². The second-order valence-electron chi connectivity index (χ2n) is 5.70. The van der Waals surface area contributed by atoms with E-state index in [2.05, 4.69) is 11.4 Å². The molecule has 0 bridgehead atoms. The second kappa shape index (κ2) is 5.93. The predicted molar refractivity (Wildman–Crippen MR) is 77.6 cm³/mol. The summed E-state index contributed by atoms with van der Waals surface area (Å²) < 4.78 is 5.88. The molecule has 3 heteroatoms. The Hall–Kier alpha value is -1.06. The van der Waals surface area contributed by atoms with E-state index in [4.69, 9.17) is 4.74 Å². The molecule has 2 unspecified atom stereocenters. The largest absolute Gasteiger partial charge is 0.490 e. The van der Waals surface area contributed by atoms with Crippen LogP contribution in [0.1, 0.15) is 50.3 Å². The molecule has 0 heterocycles. The van der Waals surface area contributed by atoms with Gasteiger partial charge in [-0.1, -0.05) is 19.1 Å². The van der Waals surface area contributed by atoms with Crippen molar-refractivity contribution in [3.8, 4) is 5.75 Å². The van der Waals surface area contributed by atoms with E-state index in [0.29, 0.717) is 19.1 Å². The van der Waals surface area contributed by atoms with Gasteiger partial charge in [-0.2, -0.15) is 0 Å². The van der Waals surface area contributed by atoms with Crippen molar-refractivity contribution < 1.29 is 9.84 Å². The number of hydrogen-bond donors (Lipinski definition) is 2. The Kier molecular flexibility index (Phi) is 4.48. The van der Waals surface area contributed by atoms with Gasteiger partial charge in [-0.25, -0.2) is 0 Å². The lowest BCUT2D eigenvalue weighted by Crippen LogP contribution is -2.31. The summed E-state index contributed by atoms with van der Waals surface area (Å²) in [6.07, 6.45) is 4.13. The molecule has 106 valence electrons. The molecule has 0 amide bonds. The van der Waals surface area contributed by atoms with Crippen LogP contribution in [0.2, 0.25) is 0 Å². The maximum absolute atomic E-state index is 10.0. The summed E-state index contributed by atoms with van der Waals surface area (Å²) in [5, 5.41) is 13.4. The molecule has 1 aromatic carbocycles. The summed E-state index contributed by atoms with van der Waals surface area (Å²) in [5.74, 6) is 0.936. The molecule has 0 spiro atoms. The van der Waals surface area contributed by atoms with Crippen LogP contribution in [0.5, 0.6) is 5.75 Å². The minimum atomic E-state index is -0.750. The molecule has 1 aliphatic rings. The molecule has 1 aromatic rings. The second-order valence-corrected chi connectivity index (χ2v) is 5.70. The summed E-state index contributed by atoms with van der Waals surface area (Å²) in [6, 6.07) is 6.67. The zero-order valence-corrected chi connectivity index (χ0v) is 12.2. The number of rotatable bonds is 5. The molecule has 0 fully saturated rings. The molecule has 19 heavy (non-hydrogen) atoms. The van der Waals surface area contributed by atoms with Crippen molar-refractivity contribution in [3.05, 3.63) is 29.3 Å². The van der Waals surface area contributed by atoms with Gasteiger partial charge in [-0.15, -0.1) is 0 Å². The minimum Gasteiger partial charge on any atom is -0.490 e. The SMILES string of the molecule is CCC(C)(O)COc1cccc2c1CCCC2NC. The Morgan fingerprint density at radius 3 is 2.95 bits per heavy atom. The van der Waals surface area contributed by atoms with Gasteiger partial charge in [0.1, 0.15) is 12.4 Å². The maximum Gasteiger partial charge on any atom is 0.122 e. The standard InChI is InChI=1S/C16H25NO2/c1-4-16(2,18)11-19-15-10-6-7-12-13(15)8-5-9-14(12)17-3/h6-7,10,14,17-18H,4-5,8-9,11H2,1-3H3. The topological polar surface area (TPSA) is 41.5 Å². The Morgan fingerprint density at radius 2 is 2.26 bits per heavy atom. The van der Waals surface area contributed by atoms with E-state index < -0.39 is 5.60 Å². The van der Waals surface area contributed by atoms with Crippen LogP contribution in [0.25, 0.3) is 0 Å². The fraction of sp³-hybridized carbons (Fsp3) is 0.625. The lowest BCUT2D eigenvalue weighted by atomic mass is 9.87. The Balaban J connectivity index is 2.18. The fourth-order valence-corrected chi connectivity index (χ4v) is 2.59. The van der Waals surface area contributed by atoms with Crippen LogP contribution < -0.4 is 10.1 Å². The molecule has 2 N–H and O–H groups in total. The molecule has 0 aromatic heterocycles. The number of fused-ring (bicyclic) bond motifs is 1. The van der Waals surface area contributed by atoms with Gasteiger partial charge < -0.3 is 15.2 Å². The maximum atomic E-state index is 10.0. The van der Waals surface area contributed by atoms with Crippen molar-refractivity contribution in [2.75, 3.05) is 13.7 Å². The minimum absolute atomic E-state index is 0.351. The first-order valence-electron chi connectivity index (χ1n) is 7.21. The number of benzene rings is 1. The van der Waals surface area contributed by atoms with E-state index in [1.165, 1.54) is 24.0 Å². The number of aliphatic hydroxyl groups is 1. The van der Waals surface area contributed by atoms with Crippen molar-refractivity contribution >= 4 is 0 Å². The summed E-state index contributed by atoms with van der Waals surface area (Å²) in [6.45, 7) is 4.14. The number of nitrogens with one attached hydrogen (secondary N) is 1. The molecular weight excluding hydrogens is 238 g/mol. The van der Waals surface area contributed by atoms with Crippen molar-refractivity contribution in [1.29, 1.82) is 0 Å². The highest BCUT2D eigenvalue weighted by Gasteiger charge is 2.23. The average Bonchev–Trinajstić information content (AvgIpc) is 2.44. The van der Waals surface area contributed by atoms with E-state index in [9.17, 15) is 5.11 Å². The van der Waals surface area contributed by atoms with Crippen molar-refractivity contribution in [1.82, 2.24) is 5.32 Å². The molecule has 0 saturated heterocycles. The Bertz CT molecular complexity index is 429. The third-order valence-electron chi connectivity index (χ3n) is 4.11. The van der Waals surface area contributed by atoms with Gasteiger partial charge in [0, 0.05) is 6.04 Å². The van der Waals surface area contributed by atoms with Crippen molar-refractivity contribution in [3.63, 3.8) is 0 Å². The quantitative estimate of drug-likeness (QED) is 0.858. The molecule has 0 aliphatic heterocycles. The van der Waals surface area contributed by atoms with E-state index in [0.717, 1.165) is 12.2 Å².